The van der Waals surface area contributed by atoms with E-state index in [9.17, 15) is 4.79 Å². The smallest absolute Gasteiger partial charge is 0.220 e. The minimum absolute atomic E-state index is 0.0946. The van der Waals surface area contributed by atoms with E-state index in [1.807, 2.05) is 40.7 Å². The monoisotopic (exact) mass is 475 g/mol. The van der Waals surface area contributed by atoms with Crippen LogP contribution in [0.1, 0.15) is 63.3 Å². The fraction of sp³-hybridized carbons (Fsp3) is 0.519. The molecule has 0 fully saturated rings. The van der Waals surface area contributed by atoms with Gasteiger partial charge in [-0.15, -0.1) is 0 Å². The number of rotatable bonds is 6. The number of aliphatic hydroxyl groups is 1. The van der Waals surface area contributed by atoms with Crippen LogP contribution in [0.15, 0.2) is 36.4 Å². The number of carbonyl (C=O) groups excluding carboxylic acids is 1. The standard InChI is InChI=1S/C24H32ClN3O.C2H6.CH4O/c1-24(2,3)28-22(29)11-8-17-4-6-18(7-5-17)16-27-23-20-13-15-26-14-12-19(20)9-10-21(23)25;2*1-2/h4-7,9-10,26-27H,8,11-16H2,1-3H3,(H,28,29);1-2H3;2H,1H3. The average molecular weight is 476 g/mol. The van der Waals surface area contributed by atoms with Crippen LogP contribution in [0.4, 0.5) is 5.69 Å². The van der Waals surface area contributed by atoms with Gasteiger partial charge >= 0.3 is 0 Å². The van der Waals surface area contributed by atoms with Crippen molar-refractivity contribution in [3.63, 3.8) is 0 Å². The van der Waals surface area contributed by atoms with E-state index in [4.69, 9.17) is 16.7 Å². The molecule has 0 bridgehead atoms. The number of nitrogens with one attached hydrogen (secondary N) is 3. The lowest BCUT2D eigenvalue weighted by molar-refractivity contribution is -0.122. The maximum atomic E-state index is 12.0. The predicted octanol–water partition coefficient (Wildman–Crippen LogP) is 5.12. The summed E-state index contributed by atoms with van der Waals surface area (Å²) in [6.07, 6.45) is 3.29. The van der Waals surface area contributed by atoms with Gasteiger partial charge in [-0.3, -0.25) is 4.79 Å². The van der Waals surface area contributed by atoms with Crippen molar-refractivity contribution in [1.82, 2.24) is 10.6 Å². The van der Waals surface area contributed by atoms with Crippen LogP contribution in [-0.2, 0) is 30.6 Å². The molecule has 1 aliphatic heterocycles. The summed E-state index contributed by atoms with van der Waals surface area (Å²) in [5.74, 6) is 0.0946. The number of carbonyl (C=O) groups is 1. The molecule has 6 heteroatoms. The molecule has 0 unspecified atom stereocenters. The summed E-state index contributed by atoms with van der Waals surface area (Å²) in [5, 5.41) is 17.8. The fourth-order valence-corrected chi connectivity index (χ4v) is 3.93. The Bertz CT molecular complexity index is 846. The molecule has 2 aromatic carbocycles. The van der Waals surface area contributed by atoms with Crippen LogP contribution in [-0.4, -0.2) is 36.8 Å². The van der Waals surface area contributed by atoms with Gasteiger partial charge < -0.3 is 21.1 Å². The molecule has 184 valence electrons. The number of aliphatic hydroxyl groups excluding tert-OH is 1. The van der Waals surface area contributed by atoms with Crippen molar-refractivity contribution in [2.75, 3.05) is 25.5 Å². The highest BCUT2D eigenvalue weighted by atomic mass is 35.5. The van der Waals surface area contributed by atoms with Crippen LogP contribution >= 0.6 is 11.6 Å². The molecule has 3 rings (SSSR count). The summed E-state index contributed by atoms with van der Waals surface area (Å²) in [7, 11) is 1.00. The molecule has 0 aromatic heterocycles. The first-order valence-corrected chi connectivity index (χ1v) is 12.3. The van der Waals surface area contributed by atoms with Crippen LogP contribution in [0, 0.1) is 0 Å². The van der Waals surface area contributed by atoms with Gasteiger partial charge in [0.05, 0.1) is 10.7 Å². The summed E-state index contributed by atoms with van der Waals surface area (Å²) in [4.78, 5) is 12.0. The first kappa shape index (κ1) is 29.0. The number of halogens is 1. The fourth-order valence-electron chi connectivity index (χ4n) is 3.69. The molecular weight excluding hydrogens is 434 g/mol. The topological polar surface area (TPSA) is 73.4 Å². The zero-order chi connectivity index (χ0) is 24.9. The van der Waals surface area contributed by atoms with Crippen LogP contribution in [0.3, 0.4) is 0 Å². The summed E-state index contributed by atoms with van der Waals surface area (Å²) in [5.41, 5.74) is 5.98. The summed E-state index contributed by atoms with van der Waals surface area (Å²) in [6.45, 7) is 12.7. The van der Waals surface area contributed by atoms with Crippen molar-refractivity contribution in [3.05, 3.63) is 63.7 Å². The van der Waals surface area contributed by atoms with Crippen molar-refractivity contribution in [2.45, 2.75) is 72.4 Å². The Labute approximate surface area is 205 Å². The molecule has 33 heavy (non-hydrogen) atoms. The predicted molar refractivity (Wildman–Crippen MR) is 141 cm³/mol. The summed E-state index contributed by atoms with van der Waals surface area (Å²) >= 11 is 6.50. The second kappa shape index (κ2) is 14.9. The molecule has 0 spiro atoms. The number of aryl methyl sites for hydroxylation is 1. The zero-order valence-corrected chi connectivity index (χ0v) is 21.9. The van der Waals surface area contributed by atoms with E-state index in [0.29, 0.717) is 6.42 Å². The molecule has 5 nitrogen and oxygen atoms in total. The third kappa shape index (κ3) is 10.2. The maximum Gasteiger partial charge on any atom is 0.220 e. The lowest BCUT2D eigenvalue weighted by Gasteiger charge is -2.20. The maximum absolute atomic E-state index is 12.0. The van der Waals surface area contributed by atoms with Crippen LogP contribution < -0.4 is 16.0 Å². The Balaban J connectivity index is 0.00000129. The third-order valence-electron chi connectivity index (χ3n) is 5.13. The minimum Gasteiger partial charge on any atom is -0.400 e. The molecule has 1 amide bonds. The molecule has 1 aliphatic rings. The van der Waals surface area contributed by atoms with Gasteiger partial charge in [-0.05, 0) is 81.4 Å². The van der Waals surface area contributed by atoms with Gasteiger partial charge in [0, 0.05) is 25.6 Å². The van der Waals surface area contributed by atoms with E-state index >= 15 is 0 Å². The highest BCUT2D eigenvalue weighted by Gasteiger charge is 2.15. The Hall–Kier alpha value is -2.08. The van der Waals surface area contributed by atoms with E-state index < -0.39 is 0 Å². The van der Waals surface area contributed by atoms with Crippen molar-refractivity contribution in [1.29, 1.82) is 0 Å². The number of fused-ring (bicyclic) bond motifs is 1. The number of hydrogen-bond donors (Lipinski definition) is 4. The van der Waals surface area contributed by atoms with Gasteiger partial charge in [-0.2, -0.15) is 0 Å². The molecule has 0 saturated heterocycles. The van der Waals surface area contributed by atoms with Crippen LogP contribution in [0.2, 0.25) is 5.02 Å². The Kier molecular flexibility index (Phi) is 13.1. The Morgan fingerprint density at radius 1 is 1.00 bits per heavy atom. The summed E-state index contributed by atoms with van der Waals surface area (Å²) < 4.78 is 0. The van der Waals surface area contributed by atoms with E-state index in [1.54, 1.807) is 0 Å². The molecule has 0 radical (unpaired) electrons. The third-order valence-corrected chi connectivity index (χ3v) is 5.44. The van der Waals surface area contributed by atoms with Gasteiger partial charge in [0.25, 0.3) is 0 Å². The number of benzene rings is 2. The van der Waals surface area contributed by atoms with E-state index in [-0.39, 0.29) is 11.4 Å². The molecule has 1 heterocycles. The zero-order valence-electron chi connectivity index (χ0n) is 21.1. The summed E-state index contributed by atoms with van der Waals surface area (Å²) in [6, 6.07) is 12.6. The molecule has 0 atom stereocenters. The lowest BCUT2D eigenvalue weighted by Crippen LogP contribution is -2.40. The average Bonchev–Trinajstić information content (AvgIpc) is 3.05. The van der Waals surface area contributed by atoms with Gasteiger partial charge in [0.1, 0.15) is 0 Å². The first-order valence-electron chi connectivity index (χ1n) is 11.9. The normalized spacial score (nSPS) is 12.7. The second-order valence-electron chi connectivity index (χ2n) is 8.78. The second-order valence-corrected chi connectivity index (χ2v) is 9.19. The quantitative estimate of drug-likeness (QED) is 0.467. The number of amides is 1. The van der Waals surface area contributed by atoms with Gasteiger partial charge in [0.15, 0.2) is 0 Å². The molecule has 4 N–H and O–H groups in total. The van der Waals surface area contributed by atoms with Crippen molar-refractivity contribution in [3.8, 4) is 0 Å². The Morgan fingerprint density at radius 3 is 2.24 bits per heavy atom. The van der Waals surface area contributed by atoms with E-state index in [0.717, 1.165) is 56.7 Å². The molecule has 2 aromatic rings. The molecule has 0 aliphatic carbocycles. The molecule has 0 saturated carbocycles. The largest absolute Gasteiger partial charge is 0.400 e. The van der Waals surface area contributed by atoms with Crippen molar-refractivity contribution < 1.29 is 9.90 Å². The van der Waals surface area contributed by atoms with Crippen LogP contribution in [0.25, 0.3) is 0 Å². The molecular formula is C27H42ClN3O2. The lowest BCUT2D eigenvalue weighted by atomic mass is 10.0. The minimum atomic E-state index is -0.181. The van der Waals surface area contributed by atoms with E-state index in [2.05, 4.69) is 46.3 Å². The van der Waals surface area contributed by atoms with Crippen LogP contribution in [0.5, 0.6) is 0 Å². The van der Waals surface area contributed by atoms with Crippen molar-refractivity contribution in [2.24, 2.45) is 0 Å². The highest BCUT2D eigenvalue weighted by molar-refractivity contribution is 6.33. The number of hydrogen-bond acceptors (Lipinski definition) is 4. The van der Waals surface area contributed by atoms with Gasteiger partial charge in [-0.25, -0.2) is 0 Å². The Morgan fingerprint density at radius 2 is 1.61 bits per heavy atom. The van der Waals surface area contributed by atoms with Gasteiger partial charge in [0.2, 0.25) is 5.91 Å². The van der Waals surface area contributed by atoms with Gasteiger partial charge in [-0.1, -0.05) is 55.8 Å². The number of anilines is 1. The highest BCUT2D eigenvalue weighted by Crippen LogP contribution is 2.31. The first-order chi connectivity index (χ1) is 15.8. The van der Waals surface area contributed by atoms with Crippen molar-refractivity contribution >= 4 is 23.2 Å². The SMILES string of the molecule is CC.CC(C)(C)NC(=O)CCc1ccc(CNc2c(Cl)ccc3c2CCNCC3)cc1.CO. The van der Waals surface area contributed by atoms with E-state index in [1.165, 1.54) is 22.3 Å².